The molecule has 0 aromatic rings. The molecule has 88 valence electrons. The maximum Gasteiger partial charge on any atom is 0.311 e. The molecule has 0 aromatic heterocycles. The fraction of sp³-hybridized carbons (Fsp3) is 0.917. The highest BCUT2D eigenvalue weighted by atomic mass is 16.5. The van der Waals surface area contributed by atoms with E-state index in [0.29, 0.717) is 5.41 Å². The molecule has 1 aliphatic rings. The second kappa shape index (κ2) is 4.52. The molecule has 1 saturated carbocycles. The number of methoxy groups -OCH3 is 1. The molecule has 3 nitrogen and oxygen atoms in total. The lowest BCUT2D eigenvalue weighted by molar-refractivity contribution is -0.155. The molecule has 0 heterocycles. The third kappa shape index (κ3) is 2.71. The number of hydrogen-bond donors (Lipinski definition) is 1. The Labute approximate surface area is 92.6 Å². The molecule has 15 heavy (non-hydrogen) atoms. The van der Waals surface area contributed by atoms with Crippen LogP contribution in [-0.4, -0.2) is 26.7 Å². The van der Waals surface area contributed by atoms with Crippen molar-refractivity contribution < 1.29 is 9.53 Å². The molecule has 0 unspecified atom stereocenters. The predicted molar refractivity (Wildman–Crippen MR) is 60.6 cm³/mol. The van der Waals surface area contributed by atoms with Crippen LogP contribution in [0.3, 0.4) is 0 Å². The highest BCUT2D eigenvalue weighted by Crippen LogP contribution is 2.45. The Kier molecular flexibility index (Phi) is 3.77. The highest BCUT2D eigenvalue weighted by Gasteiger charge is 2.42. The summed E-state index contributed by atoms with van der Waals surface area (Å²) in [5.74, 6) is -0.0472. The highest BCUT2D eigenvalue weighted by molar-refractivity contribution is 5.76. The summed E-state index contributed by atoms with van der Waals surface area (Å²) in [5, 5.41) is 3.23. The minimum Gasteiger partial charge on any atom is -0.469 e. The molecule has 1 rings (SSSR count). The van der Waals surface area contributed by atoms with Gasteiger partial charge in [-0.2, -0.15) is 0 Å². The van der Waals surface area contributed by atoms with Gasteiger partial charge >= 0.3 is 5.97 Å². The summed E-state index contributed by atoms with van der Waals surface area (Å²) in [6.45, 7) is 5.35. The van der Waals surface area contributed by atoms with Crippen molar-refractivity contribution in [2.75, 3.05) is 20.7 Å². The molecule has 0 atom stereocenters. The minimum absolute atomic E-state index is 0.0472. The van der Waals surface area contributed by atoms with Crippen LogP contribution in [0.25, 0.3) is 0 Å². The second-order valence-electron chi connectivity index (χ2n) is 5.39. The molecule has 0 aromatic carbocycles. The van der Waals surface area contributed by atoms with Crippen LogP contribution in [0.2, 0.25) is 0 Å². The number of carbonyl (C=O) groups excluding carboxylic acids is 1. The number of rotatable bonds is 3. The first-order valence-corrected chi connectivity index (χ1v) is 5.69. The third-order valence-electron chi connectivity index (χ3n) is 3.84. The van der Waals surface area contributed by atoms with E-state index in [1.54, 1.807) is 0 Å². The van der Waals surface area contributed by atoms with Gasteiger partial charge in [0.25, 0.3) is 0 Å². The van der Waals surface area contributed by atoms with E-state index < -0.39 is 0 Å². The van der Waals surface area contributed by atoms with Gasteiger partial charge in [0.1, 0.15) is 0 Å². The minimum atomic E-state index is -0.248. The van der Waals surface area contributed by atoms with Crippen molar-refractivity contribution in [1.29, 1.82) is 0 Å². The first-order chi connectivity index (χ1) is 6.96. The zero-order chi connectivity index (χ0) is 11.5. The third-order valence-corrected chi connectivity index (χ3v) is 3.84. The monoisotopic (exact) mass is 213 g/mol. The van der Waals surface area contributed by atoms with Crippen molar-refractivity contribution in [2.45, 2.75) is 39.5 Å². The average Bonchev–Trinajstić information content (AvgIpc) is 2.22. The van der Waals surface area contributed by atoms with Gasteiger partial charge in [0.05, 0.1) is 12.5 Å². The molecule has 0 aliphatic heterocycles. The maximum atomic E-state index is 11.6. The van der Waals surface area contributed by atoms with E-state index >= 15 is 0 Å². The average molecular weight is 213 g/mol. The Balaban J connectivity index is 2.58. The Morgan fingerprint density at radius 1 is 1.27 bits per heavy atom. The number of nitrogens with one attached hydrogen (secondary N) is 1. The zero-order valence-corrected chi connectivity index (χ0v) is 10.4. The molecule has 0 bridgehead atoms. The van der Waals surface area contributed by atoms with Gasteiger partial charge in [-0.25, -0.2) is 0 Å². The van der Waals surface area contributed by atoms with Crippen LogP contribution >= 0.6 is 0 Å². The summed E-state index contributed by atoms with van der Waals surface area (Å²) < 4.78 is 4.87. The molecule has 1 aliphatic carbocycles. The topological polar surface area (TPSA) is 38.3 Å². The zero-order valence-electron chi connectivity index (χ0n) is 10.4. The van der Waals surface area contributed by atoms with E-state index in [9.17, 15) is 4.79 Å². The molecule has 0 radical (unpaired) electrons. The van der Waals surface area contributed by atoms with Gasteiger partial charge in [0.15, 0.2) is 0 Å². The Bertz CT molecular complexity index is 230. The largest absolute Gasteiger partial charge is 0.469 e. The fourth-order valence-electron chi connectivity index (χ4n) is 2.46. The van der Waals surface area contributed by atoms with Crippen LogP contribution in [0.15, 0.2) is 0 Å². The van der Waals surface area contributed by atoms with E-state index in [0.717, 1.165) is 32.2 Å². The second-order valence-corrected chi connectivity index (χ2v) is 5.39. The van der Waals surface area contributed by atoms with E-state index in [1.807, 2.05) is 14.0 Å². The van der Waals surface area contributed by atoms with Crippen molar-refractivity contribution in [3.05, 3.63) is 0 Å². The molecule has 3 heteroatoms. The van der Waals surface area contributed by atoms with E-state index in [1.165, 1.54) is 7.11 Å². The van der Waals surface area contributed by atoms with Crippen LogP contribution in [-0.2, 0) is 9.53 Å². The summed E-state index contributed by atoms with van der Waals surface area (Å²) in [7, 11) is 3.47. The van der Waals surface area contributed by atoms with Crippen molar-refractivity contribution in [3.8, 4) is 0 Å². The van der Waals surface area contributed by atoms with Crippen LogP contribution in [0, 0.1) is 10.8 Å². The van der Waals surface area contributed by atoms with E-state index in [-0.39, 0.29) is 11.4 Å². The van der Waals surface area contributed by atoms with Crippen molar-refractivity contribution in [2.24, 2.45) is 10.8 Å². The van der Waals surface area contributed by atoms with E-state index in [4.69, 9.17) is 4.74 Å². The summed E-state index contributed by atoms with van der Waals surface area (Å²) in [6.07, 6.45) is 4.08. The molecule has 0 saturated heterocycles. The first-order valence-electron chi connectivity index (χ1n) is 5.69. The van der Waals surface area contributed by atoms with Crippen LogP contribution in [0.4, 0.5) is 0 Å². The van der Waals surface area contributed by atoms with Gasteiger partial charge in [0, 0.05) is 6.54 Å². The van der Waals surface area contributed by atoms with E-state index in [2.05, 4.69) is 12.2 Å². The number of esters is 1. The lowest BCUT2D eigenvalue weighted by Gasteiger charge is -2.41. The van der Waals surface area contributed by atoms with Crippen molar-refractivity contribution in [1.82, 2.24) is 5.32 Å². The van der Waals surface area contributed by atoms with Gasteiger partial charge in [-0.3, -0.25) is 4.79 Å². The van der Waals surface area contributed by atoms with Crippen LogP contribution in [0.5, 0.6) is 0 Å². The molecular formula is C12H23NO2. The smallest absolute Gasteiger partial charge is 0.311 e. The fourth-order valence-corrected chi connectivity index (χ4v) is 2.46. The first kappa shape index (κ1) is 12.5. The number of hydrogen-bond acceptors (Lipinski definition) is 3. The molecule has 1 fully saturated rings. The Hall–Kier alpha value is -0.570. The quantitative estimate of drug-likeness (QED) is 0.728. The summed E-state index contributed by atoms with van der Waals surface area (Å²) in [4.78, 5) is 11.6. The maximum absolute atomic E-state index is 11.6. The van der Waals surface area contributed by atoms with Crippen LogP contribution in [0.1, 0.15) is 39.5 Å². The molecule has 0 amide bonds. The lowest BCUT2D eigenvalue weighted by Crippen LogP contribution is -2.40. The van der Waals surface area contributed by atoms with Gasteiger partial charge in [0.2, 0.25) is 0 Å². The Morgan fingerprint density at radius 2 is 1.80 bits per heavy atom. The molecule has 1 N–H and O–H groups in total. The van der Waals surface area contributed by atoms with Gasteiger partial charge in [-0.15, -0.1) is 0 Å². The predicted octanol–water partition coefficient (Wildman–Crippen LogP) is 1.97. The van der Waals surface area contributed by atoms with Crippen molar-refractivity contribution in [3.63, 3.8) is 0 Å². The van der Waals surface area contributed by atoms with Gasteiger partial charge in [-0.1, -0.05) is 6.92 Å². The van der Waals surface area contributed by atoms with Crippen LogP contribution < -0.4 is 5.32 Å². The number of ether oxygens (including phenoxy) is 1. The van der Waals surface area contributed by atoms with Gasteiger partial charge < -0.3 is 10.1 Å². The summed E-state index contributed by atoms with van der Waals surface area (Å²) in [5.41, 5.74) is 0.101. The molecule has 0 spiro atoms. The number of carbonyl (C=O) groups is 1. The Morgan fingerprint density at radius 3 is 2.20 bits per heavy atom. The lowest BCUT2D eigenvalue weighted by atomic mass is 9.65. The normalized spacial score (nSPS) is 36.3. The molecular weight excluding hydrogens is 190 g/mol. The SMILES string of the molecule is CNCC1(C)CCC(C)(C(=O)OC)CC1. The summed E-state index contributed by atoms with van der Waals surface area (Å²) in [6, 6.07) is 0. The van der Waals surface area contributed by atoms with Gasteiger partial charge in [-0.05, 0) is 45.1 Å². The van der Waals surface area contributed by atoms with Crippen molar-refractivity contribution >= 4 is 5.97 Å². The summed E-state index contributed by atoms with van der Waals surface area (Å²) >= 11 is 0. The standard InChI is InChI=1S/C12H23NO2/c1-11(9-13-3)5-7-12(2,8-6-11)10(14)15-4/h13H,5-9H2,1-4H3.